The molecule has 1 saturated heterocycles. The molecule has 2 aromatic rings. The van der Waals surface area contributed by atoms with Crippen LogP contribution in [0.3, 0.4) is 0 Å². The van der Waals surface area contributed by atoms with E-state index in [0.29, 0.717) is 25.0 Å². The Morgan fingerprint density at radius 3 is 2.50 bits per heavy atom. The average molecular weight is 407 g/mol. The van der Waals surface area contributed by atoms with Crippen molar-refractivity contribution in [3.05, 3.63) is 58.0 Å². The maximum atomic E-state index is 12.8. The number of aromatic nitrogens is 1. The van der Waals surface area contributed by atoms with E-state index < -0.39 is 5.97 Å². The smallest absolute Gasteiger partial charge is 0.335 e. The van der Waals surface area contributed by atoms with Gasteiger partial charge in [-0.25, -0.2) is 4.79 Å². The Morgan fingerprint density at radius 2 is 1.80 bits per heavy atom. The molecular weight excluding hydrogens is 382 g/mol. The Hall–Kier alpha value is -2.93. The number of pyridine rings is 1. The first-order chi connectivity index (χ1) is 14.5. The number of likely N-dealkylation sites (tertiary alicyclic amines) is 1. The van der Waals surface area contributed by atoms with Crippen LogP contribution in [0.4, 0.5) is 0 Å². The van der Waals surface area contributed by atoms with Gasteiger partial charge in [-0.15, -0.1) is 0 Å². The van der Waals surface area contributed by atoms with Crippen LogP contribution in [0.25, 0.3) is 11.1 Å². The number of fused-ring (bicyclic) bond motifs is 4. The molecular formula is C23H25N3O4. The summed E-state index contributed by atoms with van der Waals surface area (Å²) in [6.45, 7) is 2.72. The molecule has 1 amide bonds. The third kappa shape index (κ3) is 3.77. The highest BCUT2D eigenvalue weighted by atomic mass is 16.4. The summed E-state index contributed by atoms with van der Waals surface area (Å²) in [5.74, 6) is -0.270. The minimum absolute atomic E-state index is 0.0144. The van der Waals surface area contributed by atoms with Gasteiger partial charge in [0.25, 0.3) is 5.56 Å². The molecule has 3 heterocycles. The predicted octanol–water partition coefficient (Wildman–Crippen LogP) is 1.91. The van der Waals surface area contributed by atoms with Crippen LogP contribution >= 0.6 is 0 Å². The van der Waals surface area contributed by atoms with Gasteiger partial charge in [0.1, 0.15) is 0 Å². The number of carboxylic acid groups (broad SMARTS) is 1. The Balaban J connectivity index is 1.39. The van der Waals surface area contributed by atoms with Gasteiger partial charge >= 0.3 is 5.97 Å². The summed E-state index contributed by atoms with van der Waals surface area (Å²) in [6, 6.07) is 10.7. The maximum Gasteiger partial charge on any atom is 0.335 e. The van der Waals surface area contributed by atoms with Gasteiger partial charge in [-0.2, -0.15) is 0 Å². The number of nitrogens with zero attached hydrogens (tertiary/aromatic N) is 2. The number of piperidine rings is 1. The van der Waals surface area contributed by atoms with Crippen LogP contribution in [0.2, 0.25) is 0 Å². The van der Waals surface area contributed by atoms with Gasteiger partial charge in [-0.1, -0.05) is 12.1 Å². The van der Waals surface area contributed by atoms with E-state index in [1.807, 2.05) is 4.57 Å². The quantitative estimate of drug-likeness (QED) is 0.790. The number of hydrogen-bond acceptors (Lipinski definition) is 4. The zero-order valence-corrected chi connectivity index (χ0v) is 16.7. The van der Waals surface area contributed by atoms with Gasteiger partial charge in [-0.3, -0.25) is 14.5 Å². The monoisotopic (exact) mass is 407 g/mol. The summed E-state index contributed by atoms with van der Waals surface area (Å²) in [6.07, 6.45) is 3.20. The third-order valence-corrected chi connectivity index (χ3v) is 6.41. The molecule has 3 aliphatic rings. The standard InChI is InChI=1S/C23H25N3O4/c27-21(24-19-5-6-19)13-25-10-14-7-18(12-25)20-8-17(9-22(28)26(20)11-14)15-1-3-16(4-2-15)23(29)30/h1-4,8-9,14,18-19H,5-7,10-13H2,(H,24,27)(H,29,30)/t14-,18+/m0/s1. The number of carbonyl (C=O) groups is 2. The molecule has 2 bridgehead atoms. The van der Waals surface area contributed by atoms with E-state index in [4.69, 9.17) is 5.11 Å². The number of carboxylic acids is 1. The molecule has 2 atom stereocenters. The van der Waals surface area contributed by atoms with Gasteiger partial charge in [0.2, 0.25) is 5.91 Å². The van der Waals surface area contributed by atoms with Crippen molar-refractivity contribution in [1.29, 1.82) is 0 Å². The molecule has 5 rings (SSSR count). The number of amides is 1. The molecule has 2 N–H and O–H groups in total. The summed E-state index contributed by atoms with van der Waals surface area (Å²) >= 11 is 0. The van der Waals surface area contributed by atoms with Crippen molar-refractivity contribution < 1.29 is 14.7 Å². The molecule has 30 heavy (non-hydrogen) atoms. The van der Waals surface area contributed by atoms with E-state index in [-0.39, 0.29) is 22.9 Å². The van der Waals surface area contributed by atoms with Crippen LogP contribution in [-0.4, -0.2) is 52.1 Å². The van der Waals surface area contributed by atoms with Crippen LogP contribution in [0.5, 0.6) is 0 Å². The Bertz CT molecular complexity index is 1060. The summed E-state index contributed by atoms with van der Waals surface area (Å²) < 4.78 is 1.88. The summed E-state index contributed by atoms with van der Waals surface area (Å²) in [4.78, 5) is 38.4. The molecule has 0 radical (unpaired) electrons. The minimum atomic E-state index is -0.967. The highest BCUT2D eigenvalue weighted by Gasteiger charge is 2.36. The number of rotatable bonds is 5. The van der Waals surface area contributed by atoms with E-state index in [9.17, 15) is 14.4 Å². The minimum Gasteiger partial charge on any atom is -0.478 e. The number of aromatic carboxylic acids is 1. The fraction of sp³-hybridized carbons (Fsp3) is 0.435. The van der Waals surface area contributed by atoms with Crippen molar-refractivity contribution in [2.75, 3.05) is 19.6 Å². The van der Waals surface area contributed by atoms with Gasteiger partial charge in [0.05, 0.1) is 12.1 Å². The number of hydrogen-bond donors (Lipinski definition) is 2. The summed E-state index contributed by atoms with van der Waals surface area (Å²) in [5.41, 5.74) is 2.87. The van der Waals surface area contributed by atoms with Gasteiger partial charge in [-0.05, 0) is 54.5 Å². The van der Waals surface area contributed by atoms with E-state index in [0.717, 1.165) is 49.2 Å². The number of carbonyl (C=O) groups excluding carboxylic acids is 1. The van der Waals surface area contributed by atoms with Crippen molar-refractivity contribution in [3.63, 3.8) is 0 Å². The molecule has 1 saturated carbocycles. The second-order valence-electron chi connectivity index (χ2n) is 8.83. The Kier molecular flexibility index (Phi) is 4.70. The third-order valence-electron chi connectivity index (χ3n) is 6.41. The van der Waals surface area contributed by atoms with Crippen molar-refractivity contribution in [2.24, 2.45) is 5.92 Å². The first kappa shape index (κ1) is 19.1. The molecule has 1 aromatic heterocycles. The fourth-order valence-corrected chi connectivity index (χ4v) is 4.86. The lowest BCUT2D eigenvalue weighted by atomic mass is 9.82. The van der Waals surface area contributed by atoms with E-state index in [1.165, 1.54) is 0 Å². The summed E-state index contributed by atoms with van der Waals surface area (Å²) in [5, 5.41) is 12.2. The topological polar surface area (TPSA) is 91.6 Å². The normalized spacial score (nSPS) is 22.9. The second kappa shape index (κ2) is 7.40. The average Bonchev–Trinajstić information content (AvgIpc) is 3.52. The maximum absolute atomic E-state index is 12.8. The van der Waals surface area contributed by atoms with Crippen molar-refractivity contribution in [3.8, 4) is 11.1 Å². The van der Waals surface area contributed by atoms with Crippen LogP contribution in [0.15, 0.2) is 41.2 Å². The largest absolute Gasteiger partial charge is 0.478 e. The molecule has 0 unspecified atom stereocenters. The molecule has 1 aliphatic carbocycles. The Labute approximate surface area is 174 Å². The molecule has 7 nitrogen and oxygen atoms in total. The molecule has 2 aliphatic heterocycles. The van der Waals surface area contributed by atoms with Crippen molar-refractivity contribution >= 4 is 11.9 Å². The number of nitrogens with one attached hydrogen (secondary N) is 1. The van der Waals surface area contributed by atoms with Gasteiger partial charge in [0.15, 0.2) is 0 Å². The molecule has 0 spiro atoms. The zero-order valence-electron chi connectivity index (χ0n) is 16.7. The van der Waals surface area contributed by atoms with Crippen molar-refractivity contribution in [2.45, 2.75) is 37.8 Å². The van der Waals surface area contributed by atoms with Crippen molar-refractivity contribution in [1.82, 2.24) is 14.8 Å². The molecule has 7 heteroatoms. The number of benzene rings is 1. The predicted molar refractivity (Wildman–Crippen MR) is 112 cm³/mol. The highest BCUT2D eigenvalue weighted by Crippen LogP contribution is 2.36. The first-order valence-corrected chi connectivity index (χ1v) is 10.6. The van der Waals surface area contributed by atoms with E-state index in [2.05, 4.69) is 16.3 Å². The fourth-order valence-electron chi connectivity index (χ4n) is 4.86. The van der Waals surface area contributed by atoms with Crippen LogP contribution < -0.4 is 10.9 Å². The molecule has 156 valence electrons. The SMILES string of the molecule is O=C(CN1C[C@@H]2C[C@H](C1)c1cc(-c3ccc(C(=O)O)cc3)cc(=O)n1C2)NC1CC1. The van der Waals surface area contributed by atoms with E-state index in [1.54, 1.807) is 30.3 Å². The first-order valence-electron chi connectivity index (χ1n) is 10.6. The lowest BCUT2D eigenvalue weighted by Crippen LogP contribution is -2.50. The van der Waals surface area contributed by atoms with Gasteiger partial charge < -0.3 is 15.0 Å². The van der Waals surface area contributed by atoms with Crippen LogP contribution in [-0.2, 0) is 11.3 Å². The summed E-state index contributed by atoms with van der Waals surface area (Å²) in [7, 11) is 0. The van der Waals surface area contributed by atoms with Gasteiger partial charge in [0, 0.05) is 43.4 Å². The molecule has 2 fully saturated rings. The van der Waals surface area contributed by atoms with Crippen LogP contribution in [0, 0.1) is 5.92 Å². The second-order valence-corrected chi connectivity index (χ2v) is 8.83. The van der Waals surface area contributed by atoms with E-state index >= 15 is 0 Å². The Morgan fingerprint density at radius 1 is 1.03 bits per heavy atom. The van der Waals surface area contributed by atoms with Crippen LogP contribution in [0.1, 0.15) is 41.2 Å². The lowest BCUT2D eigenvalue weighted by molar-refractivity contribution is -0.123. The zero-order chi connectivity index (χ0) is 20.8. The lowest BCUT2D eigenvalue weighted by Gasteiger charge is -2.42. The molecule has 1 aromatic carbocycles. The highest BCUT2D eigenvalue weighted by molar-refractivity contribution is 5.88.